The first-order valence-corrected chi connectivity index (χ1v) is 7.58. The largest absolute Gasteiger partial charge is 0.390 e. The third kappa shape index (κ3) is 4.36. The molecule has 0 spiro atoms. The van der Waals surface area contributed by atoms with Gasteiger partial charge in [0.2, 0.25) is 0 Å². The van der Waals surface area contributed by atoms with Crippen LogP contribution in [0.1, 0.15) is 44.9 Å². The van der Waals surface area contributed by atoms with Crippen LogP contribution in [0.25, 0.3) is 0 Å². The van der Waals surface area contributed by atoms with Gasteiger partial charge in [-0.05, 0) is 38.1 Å². The van der Waals surface area contributed by atoms with Crippen molar-refractivity contribution in [2.24, 2.45) is 5.92 Å². The zero-order valence-electron chi connectivity index (χ0n) is 11.5. The Bertz CT molecular complexity index is 270. The Morgan fingerprint density at radius 2 is 1.84 bits per heavy atom. The smallest absolute Gasteiger partial charge is 0.282 e. The summed E-state index contributed by atoms with van der Waals surface area (Å²) in [5.74, 6) is -2.54. The van der Waals surface area contributed by atoms with E-state index >= 15 is 0 Å². The lowest BCUT2D eigenvalue weighted by molar-refractivity contribution is -0.0518. The SMILES string of the molecule is OCC(F)(F)CNC1CCCCC1C1CCCCN1. The predicted octanol–water partition coefficient (Wildman–Crippen LogP) is 1.90. The van der Waals surface area contributed by atoms with Gasteiger partial charge >= 0.3 is 0 Å². The molecule has 1 aliphatic carbocycles. The Hall–Kier alpha value is -0.260. The molecule has 1 aliphatic heterocycles. The molecule has 3 atom stereocenters. The topological polar surface area (TPSA) is 44.3 Å². The molecule has 5 heteroatoms. The van der Waals surface area contributed by atoms with Crippen LogP contribution >= 0.6 is 0 Å². The second-order valence-corrected chi connectivity index (χ2v) is 6.01. The number of aliphatic hydroxyl groups excluding tert-OH is 1. The minimum atomic E-state index is -3.00. The number of halogens is 2. The molecule has 3 N–H and O–H groups in total. The van der Waals surface area contributed by atoms with Gasteiger partial charge in [0.15, 0.2) is 0 Å². The molecule has 1 heterocycles. The van der Waals surface area contributed by atoms with E-state index in [1.165, 1.54) is 25.7 Å². The molecular weight excluding hydrogens is 250 g/mol. The lowest BCUT2D eigenvalue weighted by Gasteiger charge is -2.40. The maximum Gasteiger partial charge on any atom is 0.282 e. The average molecular weight is 276 g/mol. The number of aliphatic hydroxyl groups is 1. The fourth-order valence-corrected chi connectivity index (χ4v) is 3.48. The van der Waals surface area contributed by atoms with E-state index in [-0.39, 0.29) is 6.04 Å². The van der Waals surface area contributed by atoms with Crippen molar-refractivity contribution >= 4 is 0 Å². The van der Waals surface area contributed by atoms with Gasteiger partial charge in [-0.25, -0.2) is 8.78 Å². The van der Waals surface area contributed by atoms with Crippen molar-refractivity contribution in [1.29, 1.82) is 0 Å². The molecule has 0 bridgehead atoms. The molecule has 0 aromatic carbocycles. The molecule has 3 unspecified atom stereocenters. The maximum absolute atomic E-state index is 13.1. The lowest BCUT2D eigenvalue weighted by Crippen LogP contribution is -2.52. The first-order valence-electron chi connectivity index (χ1n) is 7.58. The highest BCUT2D eigenvalue weighted by atomic mass is 19.3. The molecule has 112 valence electrons. The van der Waals surface area contributed by atoms with Crippen molar-refractivity contribution in [3.63, 3.8) is 0 Å². The van der Waals surface area contributed by atoms with E-state index in [1.54, 1.807) is 0 Å². The van der Waals surface area contributed by atoms with Gasteiger partial charge in [0.1, 0.15) is 6.61 Å². The van der Waals surface area contributed by atoms with Crippen LogP contribution in [0.5, 0.6) is 0 Å². The number of hydrogen-bond acceptors (Lipinski definition) is 3. The molecule has 0 radical (unpaired) electrons. The number of rotatable bonds is 5. The summed E-state index contributed by atoms with van der Waals surface area (Å²) in [5, 5.41) is 15.2. The van der Waals surface area contributed by atoms with Crippen molar-refractivity contribution in [2.45, 2.75) is 63.0 Å². The summed E-state index contributed by atoms with van der Waals surface area (Å²) >= 11 is 0. The third-order valence-electron chi connectivity index (χ3n) is 4.54. The van der Waals surface area contributed by atoms with Gasteiger partial charge in [0, 0.05) is 12.1 Å². The van der Waals surface area contributed by atoms with Crippen LogP contribution in [-0.4, -0.2) is 42.8 Å². The molecule has 2 rings (SSSR count). The van der Waals surface area contributed by atoms with Crippen LogP contribution < -0.4 is 10.6 Å². The minimum Gasteiger partial charge on any atom is -0.390 e. The quantitative estimate of drug-likeness (QED) is 0.718. The van der Waals surface area contributed by atoms with E-state index in [0.717, 1.165) is 25.8 Å². The fraction of sp³-hybridized carbons (Fsp3) is 1.00. The van der Waals surface area contributed by atoms with Crippen LogP contribution in [0, 0.1) is 5.92 Å². The summed E-state index contributed by atoms with van der Waals surface area (Å²) < 4.78 is 26.3. The van der Waals surface area contributed by atoms with Crippen molar-refractivity contribution in [1.82, 2.24) is 10.6 Å². The van der Waals surface area contributed by atoms with Crippen LogP contribution in [0.3, 0.4) is 0 Å². The van der Waals surface area contributed by atoms with E-state index in [0.29, 0.717) is 12.0 Å². The van der Waals surface area contributed by atoms with Crippen LogP contribution in [0.2, 0.25) is 0 Å². The van der Waals surface area contributed by atoms with Gasteiger partial charge in [-0.15, -0.1) is 0 Å². The van der Waals surface area contributed by atoms with E-state index in [2.05, 4.69) is 10.6 Å². The second kappa shape index (κ2) is 6.95. The van der Waals surface area contributed by atoms with E-state index in [4.69, 9.17) is 5.11 Å². The highest BCUT2D eigenvalue weighted by molar-refractivity contribution is 4.91. The van der Waals surface area contributed by atoms with Crippen LogP contribution in [-0.2, 0) is 0 Å². The monoisotopic (exact) mass is 276 g/mol. The van der Waals surface area contributed by atoms with Crippen molar-refractivity contribution < 1.29 is 13.9 Å². The van der Waals surface area contributed by atoms with Gasteiger partial charge in [-0.2, -0.15) is 0 Å². The standard InChI is InChI=1S/C14H26F2N2O/c15-14(16,10-19)9-18-13-6-2-1-5-11(13)12-7-3-4-8-17-12/h11-13,17-19H,1-10H2. The lowest BCUT2D eigenvalue weighted by atomic mass is 9.77. The van der Waals surface area contributed by atoms with E-state index in [1.807, 2.05) is 0 Å². The zero-order valence-corrected chi connectivity index (χ0v) is 11.5. The Morgan fingerprint density at radius 3 is 2.53 bits per heavy atom. The summed E-state index contributed by atoms with van der Waals surface area (Å²) in [6.07, 6.45) is 8.06. The number of hydrogen-bond donors (Lipinski definition) is 3. The Labute approximate surface area is 114 Å². The van der Waals surface area contributed by atoms with E-state index in [9.17, 15) is 8.78 Å². The Morgan fingerprint density at radius 1 is 1.11 bits per heavy atom. The first-order chi connectivity index (χ1) is 9.12. The highest BCUT2D eigenvalue weighted by Crippen LogP contribution is 2.30. The van der Waals surface area contributed by atoms with Gasteiger partial charge < -0.3 is 15.7 Å². The molecule has 1 saturated heterocycles. The summed E-state index contributed by atoms with van der Waals surface area (Å²) in [7, 11) is 0. The van der Waals surface area contributed by atoms with Crippen LogP contribution in [0.4, 0.5) is 8.78 Å². The highest BCUT2D eigenvalue weighted by Gasteiger charge is 2.35. The molecule has 2 fully saturated rings. The second-order valence-electron chi connectivity index (χ2n) is 6.01. The number of nitrogens with one attached hydrogen (secondary N) is 2. The summed E-state index contributed by atoms with van der Waals surface area (Å²) in [6, 6.07) is 0.649. The molecule has 0 aromatic rings. The molecule has 3 nitrogen and oxygen atoms in total. The van der Waals surface area contributed by atoms with Crippen molar-refractivity contribution in [3.8, 4) is 0 Å². The summed E-state index contributed by atoms with van der Waals surface area (Å²) in [4.78, 5) is 0. The molecular formula is C14H26F2N2O. The first kappa shape index (κ1) is 15.1. The molecule has 0 amide bonds. The van der Waals surface area contributed by atoms with E-state index < -0.39 is 19.1 Å². The fourth-order valence-electron chi connectivity index (χ4n) is 3.48. The summed E-state index contributed by atoms with van der Waals surface area (Å²) in [6.45, 7) is -0.420. The molecule has 1 saturated carbocycles. The summed E-state index contributed by atoms with van der Waals surface area (Å²) in [5.41, 5.74) is 0. The Kier molecular flexibility index (Phi) is 5.54. The molecule has 2 aliphatic rings. The predicted molar refractivity (Wildman–Crippen MR) is 71.4 cm³/mol. The average Bonchev–Trinajstić information content (AvgIpc) is 2.46. The van der Waals surface area contributed by atoms with Crippen molar-refractivity contribution in [3.05, 3.63) is 0 Å². The van der Waals surface area contributed by atoms with Crippen molar-refractivity contribution in [2.75, 3.05) is 19.7 Å². The normalized spacial score (nSPS) is 33.3. The van der Waals surface area contributed by atoms with Gasteiger partial charge in [-0.1, -0.05) is 19.3 Å². The maximum atomic E-state index is 13.1. The number of piperidine rings is 1. The Balaban J connectivity index is 1.88. The van der Waals surface area contributed by atoms with Crippen LogP contribution in [0.15, 0.2) is 0 Å². The molecule has 19 heavy (non-hydrogen) atoms. The van der Waals surface area contributed by atoms with Gasteiger partial charge in [-0.3, -0.25) is 0 Å². The third-order valence-corrected chi connectivity index (χ3v) is 4.54. The minimum absolute atomic E-state index is 0.168. The zero-order chi connectivity index (χ0) is 13.7. The molecule has 0 aromatic heterocycles. The van der Waals surface area contributed by atoms with Gasteiger partial charge in [0.05, 0.1) is 6.54 Å². The van der Waals surface area contributed by atoms with Gasteiger partial charge in [0.25, 0.3) is 5.92 Å². The number of alkyl halides is 2.